The molecule has 0 fully saturated rings. The Kier molecular flexibility index (Phi) is 4.09. The van der Waals surface area contributed by atoms with Crippen LogP contribution in [0.15, 0.2) is 24.6 Å². The van der Waals surface area contributed by atoms with E-state index >= 15 is 0 Å². The topological polar surface area (TPSA) is 91.9 Å². The maximum atomic E-state index is 10.7. The van der Waals surface area contributed by atoms with Crippen molar-refractivity contribution in [3.8, 4) is 0 Å². The van der Waals surface area contributed by atoms with E-state index in [1.165, 1.54) is 6.07 Å². The third-order valence-corrected chi connectivity index (χ3v) is 3.41. The van der Waals surface area contributed by atoms with Crippen LogP contribution in [-0.2, 0) is 0 Å². The zero-order valence-corrected chi connectivity index (χ0v) is 11.6. The summed E-state index contributed by atoms with van der Waals surface area (Å²) >= 11 is 9.20. The molecule has 0 atom stereocenters. The van der Waals surface area contributed by atoms with Crippen LogP contribution < -0.4 is 0 Å². The number of azide groups is 1. The molecule has 0 spiro atoms. The van der Waals surface area contributed by atoms with Crippen LogP contribution in [0, 0.1) is 10.1 Å². The summed E-state index contributed by atoms with van der Waals surface area (Å²) in [6, 6.07) is 1.45. The van der Waals surface area contributed by atoms with Gasteiger partial charge in [-0.05, 0) is 43.5 Å². The van der Waals surface area contributed by atoms with Crippen LogP contribution >= 0.6 is 47.8 Å². The summed E-state index contributed by atoms with van der Waals surface area (Å²) in [5.74, 6) is 0. The van der Waals surface area contributed by atoms with Crippen molar-refractivity contribution in [3.63, 3.8) is 0 Å². The van der Waals surface area contributed by atoms with Crippen molar-refractivity contribution in [2.75, 3.05) is 0 Å². The molecule has 0 aliphatic heterocycles. The second-order valence-corrected chi connectivity index (χ2v) is 4.80. The highest BCUT2D eigenvalue weighted by Gasteiger charge is 2.22. The zero-order chi connectivity index (χ0) is 11.6. The summed E-state index contributed by atoms with van der Waals surface area (Å²) in [5.41, 5.74) is 8.27. The lowest BCUT2D eigenvalue weighted by Crippen LogP contribution is -1.91. The van der Waals surface area contributed by atoms with Gasteiger partial charge in [-0.3, -0.25) is 10.1 Å². The van der Waals surface area contributed by atoms with Gasteiger partial charge in [-0.15, -0.1) is 0 Å². The van der Waals surface area contributed by atoms with Crippen LogP contribution in [0.3, 0.4) is 0 Å². The van der Waals surface area contributed by atoms with Crippen LogP contribution in [-0.4, -0.2) is 4.92 Å². The van der Waals surface area contributed by atoms with Gasteiger partial charge in [-0.2, -0.15) is 0 Å². The summed E-state index contributed by atoms with van der Waals surface area (Å²) in [4.78, 5) is 12.7. The minimum Gasteiger partial charge on any atom is -0.258 e. The molecule has 0 bridgehead atoms. The fraction of sp³-hybridized carbons (Fsp3) is 0. The fourth-order valence-electron chi connectivity index (χ4n) is 0.874. The van der Waals surface area contributed by atoms with Crippen molar-refractivity contribution in [2.24, 2.45) is 5.11 Å². The van der Waals surface area contributed by atoms with E-state index in [4.69, 9.17) is 5.53 Å². The average Bonchev–Trinajstić information content (AvgIpc) is 2.11. The predicted octanol–water partition coefficient (Wildman–Crippen LogP) is 4.82. The van der Waals surface area contributed by atoms with Crippen molar-refractivity contribution in [1.29, 1.82) is 0 Å². The minimum absolute atomic E-state index is 0.131. The summed E-state index contributed by atoms with van der Waals surface area (Å²) in [6.07, 6.45) is 0. The molecule has 78 valence electrons. The lowest BCUT2D eigenvalue weighted by Gasteiger charge is -2.03. The van der Waals surface area contributed by atoms with Gasteiger partial charge in [0.05, 0.1) is 15.1 Å². The normalized spacial score (nSPS) is 9.53. The van der Waals surface area contributed by atoms with E-state index < -0.39 is 4.92 Å². The van der Waals surface area contributed by atoms with Gasteiger partial charge < -0.3 is 0 Å². The number of halogens is 3. The Morgan fingerprint density at radius 3 is 2.47 bits per heavy atom. The van der Waals surface area contributed by atoms with Gasteiger partial charge in [-0.1, -0.05) is 21.0 Å². The van der Waals surface area contributed by atoms with Crippen LogP contribution in [0.4, 0.5) is 11.4 Å². The predicted molar refractivity (Wildman–Crippen MR) is 65.0 cm³/mol. The third kappa shape index (κ3) is 2.49. The Bertz CT molecular complexity index is 458. The van der Waals surface area contributed by atoms with E-state index in [0.29, 0.717) is 8.95 Å². The first-order valence-electron chi connectivity index (χ1n) is 3.36. The van der Waals surface area contributed by atoms with Gasteiger partial charge in [0.1, 0.15) is 4.47 Å². The largest absolute Gasteiger partial charge is 0.298 e. The highest BCUT2D eigenvalue weighted by Crippen LogP contribution is 2.44. The highest BCUT2D eigenvalue weighted by molar-refractivity contribution is 9.11. The van der Waals surface area contributed by atoms with Crippen molar-refractivity contribution in [3.05, 3.63) is 40.0 Å². The number of benzene rings is 1. The summed E-state index contributed by atoms with van der Waals surface area (Å²) in [5, 5.41) is 14.1. The molecule has 1 rings (SSSR count). The monoisotopic (exact) mass is 398 g/mol. The van der Waals surface area contributed by atoms with E-state index in [0.717, 1.165) is 0 Å². The van der Waals surface area contributed by atoms with Crippen molar-refractivity contribution in [2.45, 2.75) is 0 Å². The van der Waals surface area contributed by atoms with Gasteiger partial charge in [0.2, 0.25) is 0 Å². The molecule has 0 saturated heterocycles. The third-order valence-electron chi connectivity index (χ3n) is 1.45. The number of nitrogens with zero attached hydrogens (tertiary/aromatic N) is 4. The van der Waals surface area contributed by atoms with Crippen LogP contribution in [0.2, 0.25) is 0 Å². The first-order chi connectivity index (χ1) is 6.99. The Hall–Kier alpha value is -0.630. The maximum Gasteiger partial charge on any atom is 0.298 e. The quantitative estimate of drug-likeness (QED) is 0.234. The van der Waals surface area contributed by atoms with E-state index in [2.05, 4.69) is 57.8 Å². The van der Waals surface area contributed by atoms with Gasteiger partial charge in [0.15, 0.2) is 0 Å². The van der Waals surface area contributed by atoms with Crippen LogP contribution in [0.5, 0.6) is 0 Å². The number of nitro benzene ring substituents is 1. The molecule has 6 nitrogen and oxygen atoms in total. The SMILES string of the molecule is [N-]=[N+]=Nc1c(Br)cc(Br)c([N+](=O)[O-])c1Br. The molecule has 0 aliphatic rings. The summed E-state index contributed by atoms with van der Waals surface area (Å²) in [7, 11) is 0. The lowest BCUT2D eigenvalue weighted by atomic mass is 10.3. The standard InChI is InChI=1S/C6HBr3N4O2/c7-2-1-3(8)6(13(14)15)4(9)5(2)11-12-10/h1H. The Balaban J connectivity index is 3.63. The molecule has 1 aromatic rings. The van der Waals surface area contributed by atoms with Gasteiger partial charge in [0, 0.05) is 9.38 Å². The molecule has 0 aliphatic carbocycles. The van der Waals surface area contributed by atoms with Crippen molar-refractivity contribution >= 4 is 59.2 Å². The molecule has 9 heteroatoms. The molecule has 1 aromatic carbocycles. The average molecular weight is 401 g/mol. The van der Waals surface area contributed by atoms with Crippen LogP contribution in [0.25, 0.3) is 10.4 Å². The second kappa shape index (κ2) is 4.93. The Morgan fingerprint density at radius 2 is 2.00 bits per heavy atom. The molecule has 0 amide bonds. The second-order valence-electron chi connectivity index (χ2n) is 2.30. The minimum atomic E-state index is -0.572. The van der Waals surface area contributed by atoms with E-state index in [-0.39, 0.29) is 15.8 Å². The number of hydrogen-bond acceptors (Lipinski definition) is 3. The van der Waals surface area contributed by atoms with Gasteiger partial charge >= 0.3 is 0 Å². The van der Waals surface area contributed by atoms with Crippen molar-refractivity contribution < 1.29 is 4.92 Å². The number of rotatable bonds is 2. The zero-order valence-electron chi connectivity index (χ0n) is 6.82. The Morgan fingerprint density at radius 1 is 1.40 bits per heavy atom. The smallest absolute Gasteiger partial charge is 0.258 e. The molecule has 0 heterocycles. The Labute approximate surface area is 109 Å². The molecule has 0 radical (unpaired) electrons. The van der Waals surface area contributed by atoms with E-state index in [9.17, 15) is 10.1 Å². The first-order valence-corrected chi connectivity index (χ1v) is 5.74. The van der Waals surface area contributed by atoms with E-state index in [1.54, 1.807) is 0 Å². The molecule has 15 heavy (non-hydrogen) atoms. The summed E-state index contributed by atoms with van der Waals surface area (Å²) in [6.45, 7) is 0. The van der Waals surface area contributed by atoms with Gasteiger partial charge in [-0.25, -0.2) is 0 Å². The maximum absolute atomic E-state index is 10.7. The molecular formula is C6HBr3N4O2. The fourth-order valence-corrected chi connectivity index (χ4v) is 3.44. The molecule has 0 unspecified atom stereocenters. The van der Waals surface area contributed by atoms with E-state index in [1.807, 2.05) is 0 Å². The van der Waals surface area contributed by atoms with Gasteiger partial charge in [0.25, 0.3) is 5.69 Å². The lowest BCUT2D eigenvalue weighted by molar-refractivity contribution is -0.386. The van der Waals surface area contributed by atoms with Crippen LogP contribution in [0.1, 0.15) is 0 Å². The molecule has 0 N–H and O–H groups in total. The molecule has 0 saturated carbocycles. The molecule has 0 aromatic heterocycles. The van der Waals surface area contributed by atoms with Crippen molar-refractivity contribution in [1.82, 2.24) is 0 Å². The molecular weight excluding hydrogens is 400 g/mol. The number of hydrogen-bond donors (Lipinski definition) is 0. The number of nitro groups is 1. The summed E-state index contributed by atoms with van der Waals surface area (Å²) < 4.78 is 0.888. The first kappa shape index (κ1) is 12.4. The highest BCUT2D eigenvalue weighted by atomic mass is 79.9.